The van der Waals surface area contributed by atoms with Crippen LogP contribution in [0.15, 0.2) is 29.6 Å². The van der Waals surface area contributed by atoms with Crippen LogP contribution in [0.1, 0.15) is 35.2 Å². The molecule has 0 aliphatic heterocycles. The summed E-state index contributed by atoms with van der Waals surface area (Å²) < 4.78 is 2.89. The molecule has 1 N–H and O–H groups in total. The summed E-state index contributed by atoms with van der Waals surface area (Å²) in [6.07, 6.45) is 2.11. The Labute approximate surface area is 118 Å². The van der Waals surface area contributed by atoms with Crippen LogP contribution in [0.2, 0.25) is 0 Å². The molecule has 6 heteroatoms. The zero-order valence-corrected chi connectivity index (χ0v) is 11.3. The first kappa shape index (κ1) is 11.6. The highest BCUT2D eigenvalue weighted by atomic mass is 32.1. The van der Waals surface area contributed by atoms with Crippen molar-refractivity contribution in [3.05, 3.63) is 41.3 Å². The van der Waals surface area contributed by atoms with Crippen molar-refractivity contribution in [2.45, 2.75) is 18.8 Å². The van der Waals surface area contributed by atoms with Crippen LogP contribution in [0.4, 0.5) is 0 Å². The zero-order valence-electron chi connectivity index (χ0n) is 10.5. The van der Waals surface area contributed by atoms with Crippen molar-refractivity contribution in [2.75, 3.05) is 0 Å². The molecule has 1 saturated carbocycles. The van der Waals surface area contributed by atoms with Crippen LogP contribution in [0, 0.1) is 0 Å². The first-order valence-corrected chi connectivity index (χ1v) is 7.28. The molecule has 3 aromatic rings. The number of hydrogen-bond donors (Lipinski definition) is 1. The van der Waals surface area contributed by atoms with Crippen LogP contribution < -0.4 is 0 Å². The molecule has 0 saturated heterocycles. The van der Waals surface area contributed by atoms with E-state index in [1.165, 1.54) is 4.70 Å². The minimum absolute atomic E-state index is 0.127. The summed E-state index contributed by atoms with van der Waals surface area (Å²) in [6, 6.07) is 8.08. The maximum atomic E-state index is 11.1. The molecule has 2 aromatic heterocycles. The van der Waals surface area contributed by atoms with Crippen molar-refractivity contribution in [3.63, 3.8) is 0 Å². The van der Waals surface area contributed by atoms with Crippen LogP contribution in [-0.2, 0) is 0 Å². The molecule has 5 nitrogen and oxygen atoms in total. The van der Waals surface area contributed by atoms with E-state index < -0.39 is 5.97 Å². The molecule has 0 amide bonds. The Morgan fingerprint density at radius 1 is 1.35 bits per heavy atom. The third-order valence-electron chi connectivity index (χ3n) is 3.45. The SMILES string of the molecule is O=C(O)c1nc(C2CC2)n(-c2ccc3sccc3c2)n1. The van der Waals surface area contributed by atoms with E-state index in [1.807, 2.05) is 23.6 Å². The van der Waals surface area contributed by atoms with E-state index in [2.05, 4.69) is 16.1 Å². The van der Waals surface area contributed by atoms with E-state index >= 15 is 0 Å². The number of rotatable bonds is 3. The Hall–Kier alpha value is -2.21. The van der Waals surface area contributed by atoms with Crippen molar-refractivity contribution in [2.24, 2.45) is 0 Å². The van der Waals surface area contributed by atoms with E-state index in [-0.39, 0.29) is 5.82 Å². The summed E-state index contributed by atoms with van der Waals surface area (Å²) in [7, 11) is 0. The standard InChI is InChI=1S/C14H11N3O2S/c18-14(19)12-15-13(8-1-2-8)17(16-12)10-3-4-11-9(7-10)5-6-20-11/h3-8H,1-2H2,(H,18,19). The second-order valence-corrected chi connectivity index (χ2v) is 5.88. The lowest BCUT2D eigenvalue weighted by atomic mass is 10.2. The van der Waals surface area contributed by atoms with E-state index in [4.69, 9.17) is 5.11 Å². The number of fused-ring (bicyclic) bond motifs is 1. The highest BCUT2D eigenvalue weighted by Crippen LogP contribution is 2.40. The number of benzene rings is 1. The van der Waals surface area contributed by atoms with Gasteiger partial charge in [0, 0.05) is 10.6 Å². The van der Waals surface area contributed by atoms with Crippen molar-refractivity contribution in [1.29, 1.82) is 0 Å². The summed E-state index contributed by atoms with van der Waals surface area (Å²) >= 11 is 1.68. The third-order valence-corrected chi connectivity index (χ3v) is 4.34. The van der Waals surface area contributed by atoms with Gasteiger partial charge < -0.3 is 5.11 Å². The van der Waals surface area contributed by atoms with Crippen LogP contribution in [0.3, 0.4) is 0 Å². The second kappa shape index (κ2) is 4.14. The van der Waals surface area contributed by atoms with Gasteiger partial charge in [-0.05, 0) is 47.9 Å². The van der Waals surface area contributed by atoms with Crippen LogP contribution in [0.5, 0.6) is 0 Å². The molecule has 0 unspecified atom stereocenters. The van der Waals surface area contributed by atoms with Gasteiger partial charge in [0.2, 0.25) is 0 Å². The Morgan fingerprint density at radius 2 is 2.20 bits per heavy atom. The first-order valence-electron chi connectivity index (χ1n) is 6.40. The molecule has 0 atom stereocenters. The molecule has 0 bridgehead atoms. The minimum Gasteiger partial charge on any atom is -0.475 e. The Morgan fingerprint density at radius 3 is 2.95 bits per heavy atom. The maximum absolute atomic E-state index is 11.1. The average molecular weight is 285 g/mol. The van der Waals surface area contributed by atoms with Crippen LogP contribution in [-0.4, -0.2) is 25.8 Å². The molecule has 1 aliphatic carbocycles. The molecule has 0 radical (unpaired) electrons. The smallest absolute Gasteiger partial charge is 0.375 e. The molecule has 1 aromatic carbocycles. The highest BCUT2D eigenvalue weighted by molar-refractivity contribution is 7.17. The predicted molar refractivity (Wildman–Crippen MR) is 75.7 cm³/mol. The minimum atomic E-state index is -1.08. The summed E-state index contributed by atoms with van der Waals surface area (Å²) in [6.45, 7) is 0. The molecule has 100 valence electrons. The van der Waals surface area contributed by atoms with Gasteiger partial charge in [0.1, 0.15) is 5.82 Å². The number of aromatic carboxylic acids is 1. The van der Waals surface area contributed by atoms with Gasteiger partial charge in [0.25, 0.3) is 5.82 Å². The summed E-state index contributed by atoms with van der Waals surface area (Å²) in [5, 5.41) is 16.4. The lowest BCUT2D eigenvalue weighted by molar-refractivity contribution is 0.0683. The Kier molecular flexibility index (Phi) is 2.40. The summed E-state index contributed by atoms with van der Waals surface area (Å²) in [5.74, 6) is -0.106. The van der Waals surface area contributed by atoms with E-state index in [1.54, 1.807) is 16.0 Å². The number of carbonyl (C=O) groups is 1. The van der Waals surface area contributed by atoms with Crippen LogP contribution in [0.25, 0.3) is 15.8 Å². The van der Waals surface area contributed by atoms with Gasteiger partial charge >= 0.3 is 5.97 Å². The maximum Gasteiger partial charge on any atom is 0.375 e. The van der Waals surface area contributed by atoms with Crippen molar-refractivity contribution < 1.29 is 9.90 Å². The van der Waals surface area contributed by atoms with Crippen molar-refractivity contribution >= 4 is 27.4 Å². The molecule has 1 fully saturated rings. The summed E-state index contributed by atoms with van der Waals surface area (Å²) in [5.41, 5.74) is 0.873. The van der Waals surface area contributed by atoms with Crippen molar-refractivity contribution in [3.8, 4) is 5.69 Å². The lowest BCUT2D eigenvalue weighted by Gasteiger charge is -2.04. The Bertz CT molecular complexity index is 817. The molecule has 4 rings (SSSR count). The number of aromatic nitrogens is 3. The van der Waals surface area contributed by atoms with Gasteiger partial charge in [-0.25, -0.2) is 14.5 Å². The largest absolute Gasteiger partial charge is 0.475 e. The van der Waals surface area contributed by atoms with Gasteiger partial charge in [0.05, 0.1) is 5.69 Å². The quantitative estimate of drug-likeness (QED) is 0.803. The van der Waals surface area contributed by atoms with E-state index in [0.29, 0.717) is 5.92 Å². The van der Waals surface area contributed by atoms with Gasteiger partial charge in [-0.3, -0.25) is 0 Å². The molecule has 0 spiro atoms. The lowest BCUT2D eigenvalue weighted by Crippen LogP contribution is -2.03. The molecule has 1 aliphatic rings. The summed E-state index contributed by atoms with van der Waals surface area (Å²) in [4.78, 5) is 15.2. The highest BCUT2D eigenvalue weighted by Gasteiger charge is 2.31. The first-order chi connectivity index (χ1) is 9.72. The second-order valence-electron chi connectivity index (χ2n) is 4.93. The fourth-order valence-corrected chi connectivity index (χ4v) is 3.07. The van der Waals surface area contributed by atoms with E-state index in [9.17, 15) is 4.79 Å². The monoisotopic (exact) mass is 285 g/mol. The zero-order chi connectivity index (χ0) is 13.7. The molecular formula is C14H11N3O2S. The third kappa shape index (κ3) is 1.80. The molecule has 2 heterocycles. The van der Waals surface area contributed by atoms with Gasteiger partial charge in [-0.1, -0.05) is 0 Å². The Balaban J connectivity index is 1.89. The van der Waals surface area contributed by atoms with Crippen LogP contribution >= 0.6 is 11.3 Å². The van der Waals surface area contributed by atoms with Gasteiger partial charge in [0.15, 0.2) is 0 Å². The molecule has 20 heavy (non-hydrogen) atoms. The topological polar surface area (TPSA) is 68.0 Å². The average Bonchev–Trinajstić information content (AvgIpc) is 3.02. The fraction of sp³-hybridized carbons (Fsp3) is 0.214. The van der Waals surface area contributed by atoms with Gasteiger partial charge in [-0.15, -0.1) is 16.4 Å². The van der Waals surface area contributed by atoms with E-state index in [0.717, 1.165) is 29.7 Å². The number of carboxylic acid groups (broad SMARTS) is 1. The predicted octanol–water partition coefficient (Wildman–Crippen LogP) is 3.06. The number of thiophene rings is 1. The van der Waals surface area contributed by atoms with Gasteiger partial charge in [-0.2, -0.15) is 0 Å². The number of carboxylic acids is 1. The van der Waals surface area contributed by atoms with Crippen molar-refractivity contribution in [1.82, 2.24) is 14.8 Å². The number of hydrogen-bond acceptors (Lipinski definition) is 4. The molecular weight excluding hydrogens is 274 g/mol. The number of nitrogens with zero attached hydrogens (tertiary/aromatic N) is 3. The fourth-order valence-electron chi connectivity index (χ4n) is 2.30. The normalized spacial score (nSPS) is 14.8.